The van der Waals surface area contributed by atoms with Crippen LogP contribution in [-0.4, -0.2) is 10.9 Å². The van der Waals surface area contributed by atoms with Crippen molar-refractivity contribution in [2.24, 2.45) is 0 Å². The number of amides is 1. The predicted molar refractivity (Wildman–Crippen MR) is 73.6 cm³/mol. The summed E-state index contributed by atoms with van der Waals surface area (Å²) in [4.78, 5) is 15.4. The minimum Gasteiger partial charge on any atom is -0.320 e. The molecule has 2 aromatic rings. The van der Waals surface area contributed by atoms with E-state index in [9.17, 15) is 9.18 Å². The highest BCUT2D eigenvalue weighted by atomic mass is 35.5. The van der Waals surface area contributed by atoms with E-state index in [2.05, 4.69) is 10.3 Å². The number of halogens is 4. The molecule has 0 aliphatic heterocycles. The lowest BCUT2D eigenvalue weighted by atomic mass is 10.2. The van der Waals surface area contributed by atoms with Gasteiger partial charge in [0.25, 0.3) is 5.91 Å². The highest BCUT2D eigenvalue weighted by Gasteiger charge is 2.14. The molecule has 0 aliphatic carbocycles. The van der Waals surface area contributed by atoms with Crippen molar-refractivity contribution in [1.82, 2.24) is 4.98 Å². The summed E-state index contributed by atoms with van der Waals surface area (Å²) in [6.45, 7) is 0. The molecule has 0 unspecified atom stereocenters. The van der Waals surface area contributed by atoms with Crippen molar-refractivity contribution in [3.05, 3.63) is 57.0 Å². The van der Waals surface area contributed by atoms with Gasteiger partial charge in [-0.1, -0.05) is 34.8 Å². The minimum absolute atomic E-state index is 0.142. The number of benzene rings is 1. The summed E-state index contributed by atoms with van der Waals surface area (Å²) in [7, 11) is 0. The maximum Gasteiger partial charge on any atom is 0.258 e. The normalized spacial score (nSPS) is 10.3. The number of anilines is 1. The molecule has 0 saturated carbocycles. The average Bonchev–Trinajstić information content (AvgIpc) is 2.36. The van der Waals surface area contributed by atoms with E-state index in [1.54, 1.807) is 0 Å². The van der Waals surface area contributed by atoms with Crippen molar-refractivity contribution in [2.75, 3.05) is 5.32 Å². The quantitative estimate of drug-likeness (QED) is 0.832. The molecule has 0 radical (unpaired) electrons. The largest absolute Gasteiger partial charge is 0.320 e. The van der Waals surface area contributed by atoms with Gasteiger partial charge in [-0.05, 0) is 18.2 Å². The van der Waals surface area contributed by atoms with Gasteiger partial charge in [0.15, 0.2) is 5.82 Å². The van der Waals surface area contributed by atoms with Crippen LogP contribution in [0.1, 0.15) is 10.4 Å². The fraction of sp³-hybridized carbons (Fsp3) is 0. The average molecular weight is 320 g/mol. The first kappa shape index (κ1) is 14.1. The number of nitrogens with one attached hydrogen (secondary N) is 1. The van der Waals surface area contributed by atoms with Gasteiger partial charge in [-0.25, -0.2) is 4.39 Å². The first-order valence-electron chi connectivity index (χ1n) is 5.04. The third-order valence-electron chi connectivity index (χ3n) is 2.28. The molecule has 1 aromatic carbocycles. The zero-order valence-corrected chi connectivity index (χ0v) is 11.5. The Morgan fingerprint density at radius 3 is 2.53 bits per heavy atom. The second kappa shape index (κ2) is 5.74. The minimum atomic E-state index is -0.726. The van der Waals surface area contributed by atoms with Crippen molar-refractivity contribution in [2.45, 2.75) is 0 Å². The molecule has 1 N–H and O–H groups in total. The first-order chi connectivity index (χ1) is 8.99. The van der Waals surface area contributed by atoms with Crippen LogP contribution in [0.4, 0.5) is 10.1 Å². The van der Waals surface area contributed by atoms with Crippen LogP contribution >= 0.6 is 34.8 Å². The van der Waals surface area contributed by atoms with Crippen LogP contribution in [0, 0.1) is 5.82 Å². The van der Waals surface area contributed by atoms with Gasteiger partial charge in [0.1, 0.15) is 0 Å². The second-order valence-electron chi connectivity index (χ2n) is 3.56. The summed E-state index contributed by atoms with van der Waals surface area (Å²) in [5.41, 5.74) is 0.106. The molecule has 0 spiro atoms. The van der Waals surface area contributed by atoms with Crippen molar-refractivity contribution < 1.29 is 9.18 Å². The molecule has 2 rings (SSSR count). The van der Waals surface area contributed by atoms with Crippen LogP contribution < -0.4 is 5.32 Å². The number of carbonyl (C=O) groups is 1. The van der Waals surface area contributed by atoms with Crippen LogP contribution in [0.2, 0.25) is 15.1 Å². The highest BCUT2D eigenvalue weighted by molar-refractivity contribution is 6.44. The summed E-state index contributed by atoms with van der Waals surface area (Å²) < 4.78 is 13.4. The molecular weight excluding hydrogens is 314 g/mol. The zero-order valence-electron chi connectivity index (χ0n) is 9.25. The van der Waals surface area contributed by atoms with Gasteiger partial charge >= 0.3 is 0 Å². The maximum atomic E-state index is 13.4. The van der Waals surface area contributed by atoms with E-state index in [1.807, 2.05) is 0 Å². The molecule has 1 amide bonds. The highest BCUT2D eigenvalue weighted by Crippen LogP contribution is 2.32. The fourth-order valence-corrected chi connectivity index (χ4v) is 1.96. The van der Waals surface area contributed by atoms with Gasteiger partial charge in [-0.2, -0.15) is 0 Å². The van der Waals surface area contributed by atoms with Gasteiger partial charge in [0, 0.05) is 6.20 Å². The van der Waals surface area contributed by atoms with E-state index in [0.717, 1.165) is 6.20 Å². The molecule has 0 saturated heterocycles. The monoisotopic (exact) mass is 318 g/mol. The Balaban J connectivity index is 2.30. The molecule has 1 heterocycles. The zero-order chi connectivity index (χ0) is 14.0. The number of nitrogens with zero attached hydrogens (tertiary/aromatic N) is 1. The number of hydrogen-bond donors (Lipinski definition) is 1. The topological polar surface area (TPSA) is 42.0 Å². The van der Waals surface area contributed by atoms with Gasteiger partial charge in [0.2, 0.25) is 0 Å². The lowest BCUT2D eigenvalue weighted by Crippen LogP contribution is -2.14. The van der Waals surface area contributed by atoms with E-state index in [4.69, 9.17) is 34.8 Å². The lowest BCUT2D eigenvalue weighted by Gasteiger charge is -2.09. The van der Waals surface area contributed by atoms with Gasteiger partial charge in [0.05, 0.1) is 32.5 Å². The Labute approximate surface area is 123 Å². The number of hydrogen-bond acceptors (Lipinski definition) is 2. The van der Waals surface area contributed by atoms with Crippen molar-refractivity contribution in [1.29, 1.82) is 0 Å². The molecular formula is C12H6Cl3FN2O. The Bertz CT molecular complexity index is 649. The second-order valence-corrected chi connectivity index (χ2v) is 4.78. The number of aromatic nitrogens is 1. The van der Waals surface area contributed by atoms with Crippen LogP contribution in [0.5, 0.6) is 0 Å². The molecule has 7 heteroatoms. The van der Waals surface area contributed by atoms with Crippen LogP contribution in [0.3, 0.4) is 0 Å². The standard InChI is InChI=1S/C12H6Cl3FN2O/c13-7-3-9(15)11(4-8(7)14)18-12(19)6-1-2-17-5-10(6)16/h1-5H,(H,18,19). The van der Waals surface area contributed by atoms with E-state index in [1.165, 1.54) is 24.4 Å². The Morgan fingerprint density at radius 1 is 1.16 bits per heavy atom. The van der Waals surface area contributed by atoms with Crippen LogP contribution in [0.15, 0.2) is 30.6 Å². The van der Waals surface area contributed by atoms with Crippen LogP contribution in [-0.2, 0) is 0 Å². The summed E-state index contributed by atoms with van der Waals surface area (Å²) in [5, 5.41) is 3.16. The molecule has 0 fully saturated rings. The summed E-state index contributed by atoms with van der Waals surface area (Å²) in [6, 6.07) is 4.04. The van der Waals surface area contributed by atoms with E-state index in [-0.39, 0.29) is 26.3 Å². The van der Waals surface area contributed by atoms with E-state index >= 15 is 0 Å². The third-order valence-corrected chi connectivity index (χ3v) is 3.31. The summed E-state index contributed by atoms with van der Waals surface area (Å²) in [5.74, 6) is -1.38. The van der Waals surface area contributed by atoms with Crippen molar-refractivity contribution in [3.8, 4) is 0 Å². The fourth-order valence-electron chi connectivity index (χ4n) is 1.37. The van der Waals surface area contributed by atoms with E-state index < -0.39 is 11.7 Å². The van der Waals surface area contributed by atoms with Crippen molar-refractivity contribution in [3.63, 3.8) is 0 Å². The Kier molecular flexibility index (Phi) is 4.24. The van der Waals surface area contributed by atoms with Gasteiger partial charge < -0.3 is 5.32 Å². The number of carbonyl (C=O) groups excluding carboxylic acids is 1. The number of pyridine rings is 1. The Hall–Kier alpha value is -1.36. The first-order valence-corrected chi connectivity index (χ1v) is 6.18. The summed E-state index contributed by atoms with van der Waals surface area (Å²) in [6.07, 6.45) is 2.26. The molecule has 0 aliphatic rings. The predicted octanol–water partition coefficient (Wildman–Crippen LogP) is 4.43. The molecule has 3 nitrogen and oxygen atoms in total. The van der Waals surface area contributed by atoms with Crippen molar-refractivity contribution >= 4 is 46.4 Å². The van der Waals surface area contributed by atoms with Gasteiger partial charge in [-0.3, -0.25) is 9.78 Å². The molecule has 0 atom stereocenters. The molecule has 98 valence electrons. The molecule has 1 aromatic heterocycles. The summed E-state index contributed by atoms with van der Waals surface area (Å²) >= 11 is 17.5. The van der Waals surface area contributed by atoms with Gasteiger partial charge in [-0.15, -0.1) is 0 Å². The smallest absolute Gasteiger partial charge is 0.258 e. The SMILES string of the molecule is O=C(Nc1cc(Cl)c(Cl)cc1Cl)c1ccncc1F. The number of rotatable bonds is 2. The maximum absolute atomic E-state index is 13.4. The molecule has 19 heavy (non-hydrogen) atoms. The third kappa shape index (κ3) is 3.15. The van der Waals surface area contributed by atoms with E-state index in [0.29, 0.717) is 0 Å². The lowest BCUT2D eigenvalue weighted by molar-refractivity contribution is 0.102. The molecule has 0 bridgehead atoms. The Morgan fingerprint density at radius 2 is 1.84 bits per heavy atom. The van der Waals surface area contributed by atoms with Crippen LogP contribution in [0.25, 0.3) is 0 Å².